The average molecular weight is 412 g/mol. The molecule has 0 spiro atoms. The van der Waals surface area contributed by atoms with Crippen LogP contribution in [0.4, 0.5) is 0 Å². The molecular weight excluding hydrogens is 374 g/mol. The van der Waals surface area contributed by atoms with E-state index in [4.69, 9.17) is 0 Å². The number of benzene rings is 3. The second-order valence-corrected chi connectivity index (χ2v) is 8.63. The third-order valence-corrected chi connectivity index (χ3v) is 6.07. The molecule has 1 N–H and O–H groups in total. The van der Waals surface area contributed by atoms with Crippen LogP contribution in [0.5, 0.6) is 0 Å². The summed E-state index contributed by atoms with van der Waals surface area (Å²) in [7, 11) is 0. The van der Waals surface area contributed by atoms with E-state index in [9.17, 15) is 0 Å². The van der Waals surface area contributed by atoms with E-state index >= 15 is 0 Å². The van der Waals surface area contributed by atoms with Gasteiger partial charge in [0, 0.05) is 21.8 Å². The molecule has 31 heavy (non-hydrogen) atoms. The van der Waals surface area contributed by atoms with E-state index in [0.717, 1.165) is 0 Å². The van der Waals surface area contributed by atoms with Crippen LogP contribution in [0, 0.1) is 13.8 Å². The molecule has 4 aromatic rings. The van der Waals surface area contributed by atoms with E-state index in [2.05, 4.69) is 99.9 Å². The SMILES string of the molecule is C=C1CCCc2c(C)cccc21.CCCCC.Cc1ccc2c(c1)[nH]c1ccccc12. The van der Waals surface area contributed by atoms with Gasteiger partial charge in [-0.2, -0.15) is 0 Å². The number of hydrogen-bond donors (Lipinski definition) is 1. The van der Waals surface area contributed by atoms with Gasteiger partial charge in [-0.05, 0) is 73.1 Å². The lowest BCUT2D eigenvalue weighted by Crippen LogP contribution is -2.02. The number of H-pyrrole nitrogens is 1. The van der Waals surface area contributed by atoms with Gasteiger partial charge in [0.2, 0.25) is 0 Å². The van der Waals surface area contributed by atoms with E-state index in [0.29, 0.717) is 0 Å². The molecular formula is C30H37N. The minimum Gasteiger partial charge on any atom is -0.355 e. The van der Waals surface area contributed by atoms with Gasteiger partial charge in [0.15, 0.2) is 0 Å². The minimum absolute atomic E-state index is 1.18. The summed E-state index contributed by atoms with van der Waals surface area (Å²) in [5, 5.41) is 2.62. The summed E-state index contributed by atoms with van der Waals surface area (Å²) in [4.78, 5) is 3.42. The Bertz CT molecular complexity index is 1140. The molecule has 5 rings (SSSR count). The van der Waals surface area contributed by atoms with Crippen molar-refractivity contribution < 1.29 is 0 Å². The quantitative estimate of drug-likeness (QED) is 0.338. The van der Waals surface area contributed by atoms with Crippen LogP contribution in [0.25, 0.3) is 27.4 Å². The molecule has 0 radical (unpaired) electrons. The summed E-state index contributed by atoms with van der Waals surface area (Å²) in [6.45, 7) is 12.8. The van der Waals surface area contributed by atoms with Crippen molar-refractivity contribution in [1.29, 1.82) is 0 Å². The third-order valence-electron chi connectivity index (χ3n) is 6.07. The molecule has 1 heterocycles. The number of para-hydroxylation sites is 1. The predicted octanol–water partition coefficient (Wildman–Crippen LogP) is 9.17. The first-order valence-corrected chi connectivity index (χ1v) is 11.8. The van der Waals surface area contributed by atoms with Crippen molar-refractivity contribution in [2.24, 2.45) is 0 Å². The lowest BCUT2D eigenvalue weighted by Gasteiger charge is -2.19. The summed E-state index contributed by atoms with van der Waals surface area (Å²) >= 11 is 0. The highest BCUT2D eigenvalue weighted by Crippen LogP contribution is 2.30. The molecule has 1 aliphatic carbocycles. The van der Waals surface area contributed by atoms with Crippen molar-refractivity contribution in [1.82, 2.24) is 4.98 Å². The fraction of sp³-hybridized carbons (Fsp3) is 0.333. The van der Waals surface area contributed by atoms with Crippen LogP contribution in [0.2, 0.25) is 0 Å². The Kier molecular flexibility index (Phi) is 8.12. The van der Waals surface area contributed by atoms with E-state index in [-0.39, 0.29) is 0 Å². The molecule has 0 amide bonds. The number of aromatic nitrogens is 1. The Hall–Kier alpha value is -2.80. The van der Waals surface area contributed by atoms with Crippen molar-refractivity contribution in [3.05, 3.63) is 89.5 Å². The van der Waals surface area contributed by atoms with Crippen LogP contribution in [0.1, 0.15) is 68.2 Å². The Morgan fingerprint density at radius 2 is 1.55 bits per heavy atom. The lowest BCUT2D eigenvalue weighted by molar-refractivity contribution is 0.772. The zero-order valence-corrected chi connectivity index (χ0v) is 19.7. The number of nitrogens with one attached hydrogen (secondary N) is 1. The lowest BCUT2D eigenvalue weighted by atomic mass is 9.86. The molecule has 0 atom stereocenters. The summed E-state index contributed by atoms with van der Waals surface area (Å²) in [6, 6.07) is 21.5. The van der Waals surface area contributed by atoms with Crippen molar-refractivity contribution >= 4 is 27.4 Å². The normalized spacial score (nSPS) is 12.6. The van der Waals surface area contributed by atoms with Crippen LogP contribution in [0.3, 0.4) is 0 Å². The molecule has 0 saturated heterocycles. The molecule has 0 saturated carbocycles. The maximum absolute atomic E-state index is 4.10. The van der Waals surface area contributed by atoms with Crippen molar-refractivity contribution in [2.45, 2.75) is 66.2 Å². The molecule has 0 bridgehead atoms. The molecule has 0 unspecified atom stereocenters. The molecule has 0 fully saturated rings. The maximum atomic E-state index is 4.10. The van der Waals surface area contributed by atoms with Gasteiger partial charge in [0.05, 0.1) is 0 Å². The fourth-order valence-electron chi connectivity index (χ4n) is 4.30. The fourth-order valence-corrected chi connectivity index (χ4v) is 4.30. The molecule has 0 aliphatic heterocycles. The van der Waals surface area contributed by atoms with Gasteiger partial charge in [0.1, 0.15) is 0 Å². The monoisotopic (exact) mass is 411 g/mol. The highest BCUT2D eigenvalue weighted by molar-refractivity contribution is 6.07. The van der Waals surface area contributed by atoms with E-state index in [1.807, 2.05) is 0 Å². The highest BCUT2D eigenvalue weighted by Gasteiger charge is 2.12. The summed E-state index contributed by atoms with van der Waals surface area (Å²) in [5.41, 5.74) is 9.41. The van der Waals surface area contributed by atoms with Gasteiger partial charge in [0.25, 0.3) is 0 Å². The highest BCUT2D eigenvalue weighted by atomic mass is 14.7. The maximum Gasteiger partial charge on any atom is 0.0467 e. The zero-order chi connectivity index (χ0) is 22.2. The number of rotatable bonds is 2. The van der Waals surface area contributed by atoms with Crippen molar-refractivity contribution in [3.8, 4) is 0 Å². The Morgan fingerprint density at radius 1 is 0.806 bits per heavy atom. The first-order valence-electron chi connectivity index (χ1n) is 11.8. The second-order valence-electron chi connectivity index (χ2n) is 8.63. The first kappa shape index (κ1) is 22.9. The standard InChI is InChI=1S/C13H11N.C12H14.C5H12/c1-9-6-7-11-10-4-2-3-5-12(10)14-13(11)8-9;1-9-5-3-8-12-10(2)6-4-7-11(9)12;1-3-5-4-2/h2-8,14H,1H3;4,6-7H,1,3,5,8H2,2H3;3-5H2,1-2H3. The van der Waals surface area contributed by atoms with E-state index in [1.54, 1.807) is 0 Å². The third kappa shape index (κ3) is 5.67. The van der Waals surface area contributed by atoms with Crippen molar-refractivity contribution in [3.63, 3.8) is 0 Å². The average Bonchev–Trinajstić information content (AvgIpc) is 3.14. The van der Waals surface area contributed by atoms with Crippen LogP contribution in [0.15, 0.2) is 67.2 Å². The first-order chi connectivity index (χ1) is 15.0. The minimum atomic E-state index is 1.18. The molecule has 1 nitrogen and oxygen atoms in total. The second kappa shape index (κ2) is 11.0. The van der Waals surface area contributed by atoms with Gasteiger partial charge in [-0.3, -0.25) is 0 Å². The Morgan fingerprint density at radius 3 is 2.26 bits per heavy atom. The molecule has 1 aromatic heterocycles. The molecule has 162 valence electrons. The number of aryl methyl sites for hydroxylation is 2. The summed E-state index contributed by atoms with van der Waals surface area (Å²) < 4.78 is 0. The number of hydrogen-bond acceptors (Lipinski definition) is 0. The van der Waals surface area contributed by atoms with Crippen LogP contribution in [-0.2, 0) is 6.42 Å². The van der Waals surface area contributed by atoms with Crippen LogP contribution < -0.4 is 0 Å². The number of unbranched alkanes of at least 4 members (excludes halogenated alkanes) is 2. The largest absolute Gasteiger partial charge is 0.355 e. The molecule has 3 aromatic carbocycles. The van der Waals surface area contributed by atoms with Gasteiger partial charge < -0.3 is 4.98 Å². The van der Waals surface area contributed by atoms with E-state index in [1.165, 1.54) is 88.2 Å². The molecule has 1 aliphatic rings. The van der Waals surface area contributed by atoms with E-state index < -0.39 is 0 Å². The number of fused-ring (bicyclic) bond motifs is 4. The Labute approximate surface area is 188 Å². The van der Waals surface area contributed by atoms with Gasteiger partial charge in [-0.1, -0.05) is 88.2 Å². The zero-order valence-electron chi connectivity index (χ0n) is 19.7. The van der Waals surface area contributed by atoms with Crippen molar-refractivity contribution in [2.75, 3.05) is 0 Å². The summed E-state index contributed by atoms with van der Waals surface area (Å²) in [5.74, 6) is 0. The van der Waals surface area contributed by atoms with Gasteiger partial charge >= 0.3 is 0 Å². The number of allylic oxidation sites excluding steroid dienone is 1. The summed E-state index contributed by atoms with van der Waals surface area (Å²) in [6.07, 6.45) is 7.77. The number of aromatic amines is 1. The van der Waals surface area contributed by atoms with Gasteiger partial charge in [-0.15, -0.1) is 0 Å². The van der Waals surface area contributed by atoms with Gasteiger partial charge in [-0.25, -0.2) is 0 Å². The van der Waals surface area contributed by atoms with Crippen LogP contribution >= 0.6 is 0 Å². The van der Waals surface area contributed by atoms with Crippen LogP contribution in [-0.4, -0.2) is 4.98 Å². The topological polar surface area (TPSA) is 15.8 Å². The Balaban J connectivity index is 0.000000147. The predicted molar refractivity (Wildman–Crippen MR) is 139 cm³/mol. The smallest absolute Gasteiger partial charge is 0.0467 e. The molecule has 1 heteroatoms.